The van der Waals surface area contributed by atoms with Crippen molar-refractivity contribution in [3.8, 4) is 11.5 Å². The number of phenolic OH excluding ortho intramolecular Hbond substituents is 1. The maximum atomic E-state index is 12.5. The van der Waals surface area contributed by atoms with Crippen LogP contribution in [0.5, 0.6) is 11.5 Å². The zero-order valence-corrected chi connectivity index (χ0v) is 21.6. The number of carbonyl (C=O) groups is 1. The van der Waals surface area contributed by atoms with Crippen molar-refractivity contribution in [3.63, 3.8) is 0 Å². The van der Waals surface area contributed by atoms with Crippen LogP contribution in [0.25, 0.3) is 0 Å². The molecule has 9 nitrogen and oxygen atoms in total. The average molecular weight is 517 g/mol. The van der Waals surface area contributed by atoms with Crippen molar-refractivity contribution in [1.29, 1.82) is 0 Å². The molecule has 0 saturated carbocycles. The van der Waals surface area contributed by atoms with Crippen molar-refractivity contribution in [1.82, 2.24) is 20.1 Å². The van der Waals surface area contributed by atoms with Crippen LogP contribution < -0.4 is 10.1 Å². The van der Waals surface area contributed by atoms with Gasteiger partial charge in [0.25, 0.3) is 5.91 Å². The lowest BCUT2D eigenvalue weighted by atomic mass is 10.0. The summed E-state index contributed by atoms with van der Waals surface area (Å²) in [4.78, 5) is 21.6. The number of rotatable bonds is 10. The summed E-state index contributed by atoms with van der Waals surface area (Å²) in [6.07, 6.45) is 6.63. The molecule has 2 aliphatic heterocycles. The normalized spacial score (nSPS) is 18.8. The van der Waals surface area contributed by atoms with Gasteiger partial charge in [0.1, 0.15) is 24.2 Å². The smallest absolute Gasteiger partial charge is 0.255 e. The van der Waals surface area contributed by atoms with E-state index in [4.69, 9.17) is 4.74 Å². The first-order chi connectivity index (χ1) is 17.4. The van der Waals surface area contributed by atoms with E-state index >= 15 is 0 Å². The number of amides is 1. The molecule has 2 unspecified atom stereocenters. The monoisotopic (exact) mass is 516 g/mol. The van der Waals surface area contributed by atoms with Crippen LogP contribution in [0.1, 0.15) is 41.7 Å². The fourth-order valence-corrected chi connectivity index (χ4v) is 5.28. The molecule has 1 amide bonds. The summed E-state index contributed by atoms with van der Waals surface area (Å²) in [5.74, 6) is 0.515. The third kappa shape index (κ3) is 7.25. The molecule has 0 aliphatic carbocycles. The Balaban J connectivity index is 1.14. The Hall–Kier alpha value is -2.53. The number of pyridine rings is 1. The Kier molecular flexibility index (Phi) is 9.30. The fraction of sp³-hybridized carbons (Fsp3) is 0.538. The highest BCUT2D eigenvalue weighted by atomic mass is 32.2. The molecule has 4 rings (SSSR count). The molecule has 10 heteroatoms. The highest BCUT2D eigenvalue weighted by molar-refractivity contribution is 7.84. The number of aromatic nitrogens is 1. The summed E-state index contributed by atoms with van der Waals surface area (Å²) < 4.78 is 17.3. The van der Waals surface area contributed by atoms with E-state index in [1.54, 1.807) is 12.3 Å². The number of aliphatic hydroxyl groups excluding tert-OH is 1. The molecular weight excluding hydrogens is 480 g/mol. The minimum Gasteiger partial charge on any atom is -0.507 e. The van der Waals surface area contributed by atoms with Crippen LogP contribution in [0.15, 0.2) is 41.4 Å². The van der Waals surface area contributed by atoms with Gasteiger partial charge in [-0.1, -0.05) is 0 Å². The Labute approximate surface area is 214 Å². The number of hydrogen-bond donors (Lipinski definition) is 3. The first-order valence-electron chi connectivity index (χ1n) is 12.6. The molecular formula is C26H36N4O5S. The number of carbonyl (C=O) groups excluding carboxylic acids is 1. The number of aliphatic hydroxyl groups is 1. The molecule has 0 radical (unpaired) electrons. The molecule has 2 fully saturated rings. The van der Waals surface area contributed by atoms with Gasteiger partial charge in [-0.2, -0.15) is 0 Å². The second-order valence-electron chi connectivity index (χ2n) is 9.54. The number of ether oxygens (including phenoxy) is 1. The van der Waals surface area contributed by atoms with Gasteiger partial charge in [-0.05, 0) is 56.0 Å². The van der Waals surface area contributed by atoms with E-state index in [-0.39, 0.29) is 18.3 Å². The quantitative estimate of drug-likeness (QED) is 0.438. The fourth-order valence-electron chi connectivity index (χ4n) is 4.64. The first kappa shape index (κ1) is 26.5. The maximum Gasteiger partial charge on any atom is 0.255 e. The average Bonchev–Trinajstić information content (AvgIpc) is 3.43. The number of likely N-dealkylation sites (tertiary alicyclic amines) is 2. The molecule has 196 valence electrons. The molecule has 0 spiro atoms. The highest BCUT2D eigenvalue weighted by Gasteiger charge is 2.22. The van der Waals surface area contributed by atoms with E-state index in [9.17, 15) is 19.2 Å². The third-order valence-corrected chi connectivity index (χ3v) is 7.71. The molecule has 1 aromatic carbocycles. The van der Waals surface area contributed by atoms with Crippen molar-refractivity contribution in [2.45, 2.75) is 49.3 Å². The molecule has 3 N–H and O–H groups in total. The number of piperidine rings is 1. The van der Waals surface area contributed by atoms with E-state index in [2.05, 4.69) is 15.2 Å². The molecule has 2 atom stereocenters. The van der Waals surface area contributed by atoms with Crippen LogP contribution in [-0.2, 0) is 17.3 Å². The number of phenols is 1. The summed E-state index contributed by atoms with van der Waals surface area (Å²) in [5.41, 5.74) is 1.63. The number of aromatic hydroxyl groups is 1. The zero-order chi connectivity index (χ0) is 25.5. The Morgan fingerprint density at radius 1 is 1.19 bits per heavy atom. The summed E-state index contributed by atoms with van der Waals surface area (Å²) in [5, 5.41) is 23.5. The van der Waals surface area contributed by atoms with Crippen LogP contribution in [0, 0.1) is 0 Å². The molecule has 36 heavy (non-hydrogen) atoms. The lowest BCUT2D eigenvalue weighted by molar-refractivity contribution is 0.0792. The summed E-state index contributed by atoms with van der Waals surface area (Å²) >= 11 is 0. The Morgan fingerprint density at radius 3 is 2.61 bits per heavy atom. The second kappa shape index (κ2) is 12.6. The molecule has 2 saturated heterocycles. The van der Waals surface area contributed by atoms with E-state index in [1.165, 1.54) is 18.4 Å². The number of benzene rings is 1. The van der Waals surface area contributed by atoms with Gasteiger partial charge in [-0.25, -0.2) is 0 Å². The van der Waals surface area contributed by atoms with Gasteiger partial charge in [-0.15, -0.1) is 0 Å². The van der Waals surface area contributed by atoms with Gasteiger partial charge >= 0.3 is 0 Å². The van der Waals surface area contributed by atoms with Gasteiger partial charge in [0.2, 0.25) is 0 Å². The summed E-state index contributed by atoms with van der Waals surface area (Å²) in [6.45, 7) is 4.84. The van der Waals surface area contributed by atoms with Crippen LogP contribution >= 0.6 is 0 Å². The maximum absolute atomic E-state index is 12.5. The Morgan fingerprint density at radius 2 is 1.94 bits per heavy atom. The molecule has 3 heterocycles. The van der Waals surface area contributed by atoms with Gasteiger partial charge < -0.3 is 25.2 Å². The highest BCUT2D eigenvalue weighted by Crippen LogP contribution is 2.25. The Bertz CT molecular complexity index is 1040. The van der Waals surface area contributed by atoms with Crippen molar-refractivity contribution in [2.24, 2.45) is 0 Å². The van der Waals surface area contributed by atoms with Crippen LogP contribution in [0.2, 0.25) is 0 Å². The van der Waals surface area contributed by atoms with E-state index in [0.717, 1.165) is 64.1 Å². The summed E-state index contributed by atoms with van der Waals surface area (Å²) in [6, 6.07) is 8.75. The van der Waals surface area contributed by atoms with Gasteiger partial charge in [0.05, 0.1) is 27.0 Å². The van der Waals surface area contributed by atoms with Gasteiger partial charge in [0.15, 0.2) is 0 Å². The lowest BCUT2D eigenvalue weighted by Crippen LogP contribution is -2.45. The summed E-state index contributed by atoms with van der Waals surface area (Å²) in [7, 11) is -1.32. The van der Waals surface area contributed by atoms with E-state index in [0.29, 0.717) is 28.8 Å². The predicted molar refractivity (Wildman–Crippen MR) is 138 cm³/mol. The second-order valence-corrected chi connectivity index (χ2v) is 10.9. The third-order valence-electron chi connectivity index (χ3n) is 6.76. The van der Waals surface area contributed by atoms with Gasteiger partial charge in [0, 0.05) is 57.8 Å². The van der Waals surface area contributed by atoms with Crippen molar-refractivity contribution < 1.29 is 24.0 Å². The van der Waals surface area contributed by atoms with E-state index < -0.39 is 16.9 Å². The number of nitrogens with zero attached hydrogens (tertiary/aromatic N) is 3. The largest absolute Gasteiger partial charge is 0.507 e. The lowest BCUT2D eigenvalue weighted by Gasteiger charge is -2.32. The van der Waals surface area contributed by atoms with Crippen LogP contribution in [-0.4, -0.2) is 92.8 Å². The molecule has 0 bridgehead atoms. The minimum atomic E-state index is -1.32. The number of nitrogens with one attached hydrogen (secondary N) is 1. The molecule has 2 aromatic rings. The standard InChI is InChI=1S/C26H36N4O5S/c1-36(34)25-14-23(6-7-24(25)32)35-18-22(31)16-28-20-8-12-29(13-9-20)17-21-5-4-19(15-27-21)26(33)30-10-2-3-11-30/h4-7,14-15,20,22,28,31-32H,2-3,8-13,16-18H2,1H3. The predicted octanol–water partition coefficient (Wildman–Crippen LogP) is 1.75. The van der Waals surface area contributed by atoms with Crippen molar-refractivity contribution in [3.05, 3.63) is 47.8 Å². The topological polar surface area (TPSA) is 115 Å². The molecule has 1 aromatic heterocycles. The van der Waals surface area contributed by atoms with Crippen molar-refractivity contribution >= 4 is 16.7 Å². The van der Waals surface area contributed by atoms with E-state index in [1.807, 2.05) is 17.0 Å². The van der Waals surface area contributed by atoms with Crippen LogP contribution in [0.3, 0.4) is 0 Å². The SMILES string of the molecule is CS(=O)c1cc(OCC(O)CNC2CCN(Cc3ccc(C(=O)N4CCCC4)cn3)CC2)ccc1O. The van der Waals surface area contributed by atoms with Crippen LogP contribution in [0.4, 0.5) is 0 Å². The number of hydrogen-bond acceptors (Lipinski definition) is 8. The first-order valence-corrected chi connectivity index (χ1v) is 14.1. The van der Waals surface area contributed by atoms with Gasteiger partial charge in [-0.3, -0.25) is 18.9 Å². The zero-order valence-electron chi connectivity index (χ0n) is 20.8. The molecule has 2 aliphatic rings. The minimum absolute atomic E-state index is 0.0304. The van der Waals surface area contributed by atoms with Crippen molar-refractivity contribution in [2.75, 3.05) is 45.6 Å².